The summed E-state index contributed by atoms with van der Waals surface area (Å²) in [6, 6.07) is 0. The molecule has 128 valence electrons. The second kappa shape index (κ2) is 8.20. The van der Waals surface area contributed by atoms with Crippen LogP contribution in [0.3, 0.4) is 0 Å². The summed E-state index contributed by atoms with van der Waals surface area (Å²) >= 11 is 0. The fourth-order valence-corrected chi connectivity index (χ4v) is 3.98. The highest BCUT2D eigenvalue weighted by Crippen LogP contribution is 2.69. The zero-order valence-corrected chi connectivity index (χ0v) is 14.7. The van der Waals surface area contributed by atoms with Crippen LogP contribution in [0.15, 0.2) is 12.7 Å². The van der Waals surface area contributed by atoms with Crippen LogP contribution in [-0.2, 0) is 14.3 Å². The molecule has 0 aliphatic heterocycles. The van der Waals surface area contributed by atoms with Gasteiger partial charge in [0.1, 0.15) is 5.78 Å². The van der Waals surface area contributed by atoms with Gasteiger partial charge in [-0.2, -0.15) is 0 Å². The van der Waals surface area contributed by atoms with Gasteiger partial charge in [0, 0.05) is 43.9 Å². The first-order valence-electron chi connectivity index (χ1n) is 8.70. The maximum atomic E-state index is 12.3. The van der Waals surface area contributed by atoms with E-state index in [0.29, 0.717) is 50.2 Å². The lowest BCUT2D eigenvalue weighted by Gasteiger charge is -2.23. The average Bonchev–Trinajstić information content (AvgIpc) is 3.21. The topological polar surface area (TPSA) is 43.4 Å². The zero-order chi connectivity index (χ0) is 17.6. The molecule has 2 aliphatic rings. The molecule has 3 nitrogen and oxygen atoms in total. The zero-order valence-electron chi connectivity index (χ0n) is 14.7. The van der Waals surface area contributed by atoms with Gasteiger partial charge < -0.3 is 4.74 Å². The second-order valence-electron chi connectivity index (χ2n) is 6.76. The van der Waals surface area contributed by atoms with Crippen LogP contribution < -0.4 is 0 Å². The summed E-state index contributed by atoms with van der Waals surface area (Å²) in [5, 5.41) is 0. The molecular formula is C21H26O3. The van der Waals surface area contributed by atoms with Gasteiger partial charge in [-0.1, -0.05) is 24.8 Å². The number of Topliss-reactive ketones (excluding diaryl/α,β-unsaturated/α-hetero) is 1. The maximum Gasteiger partial charge on any atom is 0.305 e. The highest BCUT2D eigenvalue weighted by atomic mass is 16.5. The Morgan fingerprint density at radius 3 is 2.96 bits per heavy atom. The van der Waals surface area contributed by atoms with Crippen molar-refractivity contribution in [3.63, 3.8) is 0 Å². The molecule has 2 saturated carbocycles. The van der Waals surface area contributed by atoms with Crippen molar-refractivity contribution in [2.24, 2.45) is 23.2 Å². The molecule has 4 atom stereocenters. The van der Waals surface area contributed by atoms with Crippen molar-refractivity contribution >= 4 is 11.8 Å². The Morgan fingerprint density at radius 1 is 1.46 bits per heavy atom. The number of methoxy groups -OCH3 is 1. The smallest absolute Gasteiger partial charge is 0.305 e. The van der Waals surface area contributed by atoms with Gasteiger partial charge in [0.05, 0.1) is 7.11 Å². The third-order valence-corrected chi connectivity index (χ3v) is 5.40. The Kier molecular flexibility index (Phi) is 6.27. The first-order valence-corrected chi connectivity index (χ1v) is 8.70. The summed E-state index contributed by atoms with van der Waals surface area (Å²) in [6.07, 6.45) is 6.70. The summed E-state index contributed by atoms with van der Waals surface area (Å²) in [4.78, 5) is 23.3. The van der Waals surface area contributed by atoms with Gasteiger partial charge in [0.2, 0.25) is 0 Å². The number of hydrogen-bond donors (Lipinski definition) is 0. The average molecular weight is 326 g/mol. The van der Waals surface area contributed by atoms with E-state index in [2.05, 4.69) is 41.9 Å². The molecule has 2 rings (SSSR count). The lowest BCUT2D eigenvalue weighted by Crippen LogP contribution is -2.25. The van der Waals surface area contributed by atoms with Gasteiger partial charge in [-0.05, 0) is 24.2 Å². The molecule has 24 heavy (non-hydrogen) atoms. The Hall–Kier alpha value is -2.00. The quantitative estimate of drug-likeness (QED) is 0.324. The maximum absolute atomic E-state index is 12.3. The van der Waals surface area contributed by atoms with Gasteiger partial charge in [0.15, 0.2) is 0 Å². The van der Waals surface area contributed by atoms with E-state index in [9.17, 15) is 9.59 Å². The minimum absolute atomic E-state index is 0.0311. The van der Waals surface area contributed by atoms with Crippen molar-refractivity contribution in [1.29, 1.82) is 0 Å². The normalized spacial score (nSPS) is 27.8. The number of ketones is 1. The predicted molar refractivity (Wildman–Crippen MR) is 93.7 cm³/mol. The van der Waals surface area contributed by atoms with Crippen molar-refractivity contribution in [2.75, 3.05) is 7.11 Å². The highest BCUT2D eigenvalue weighted by Gasteiger charge is 2.67. The molecule has 2 aliphatic carbocycles. The molecule has 0 saturated heterocycles. The van der Waals surface area contributed by atoms with Crippen LogP contribution in [0.2, 0.25) is 0 Å². The van der Waals surface area contributed by atoms with Crippen LogP contribution >= 0.6 is 0 Å². The van der Waals surface area contributed by atoms with Crippen molar-refractivity contribution < 1.29 is 14.3 Å². The van der Waals surface area contributed by atoms with Gasteiger partial charge >= 0.3 is 5.97 Å². The number of allylic oxidation sites excluding steroid dienone is 1. The molecule has 0 aromatic rings. The largest absolute Gasteiger partial charge is 0.469 e. The number of carbonyl (C=O) groups is 2. The molecule has 0 aromatic heterocycles. The first-order chi connectivity index (χ1) is 11.6. The van der Waals surface area contributed by atoms with E-state index in [1.807, 2.05) is 0 Å². The molecule has 3 heteroatoms. The molecule has 0 spiro atoms. The van der Waals surface area contributed by atoms with E-state index in [-0.39, 0.29) is 23.2 Å². The van der Waals surface area contributed by atoms with Crippen molar-refractivity contribution in [2.45, 2.75) is 51.9 Å². The van der Waals surface area contributed by atoms with Gasteiger partial charge in [-0.25, -0.2) is 0 Å². The molecule has 0 heterocycles. The molecule has 0 N–H and O–H groups in total. The number of esters is 1. The standard InChI is InChI=1S/C21H26O3/c1-4-5-8-11-16(2)21-15-17(21)14-19(22)18(21)12-9-6-7-10-13-20(23)24-3/h4,16-18H,1,5,7,10,12-15H2,2-3H3. The minimum atomic E-state index is -0.200. The third kappa shape index (κ3) is 3.90. The van der Waals surface area contributed by atoms with Gasteiger partial charge in [-0.3, -0.25) is 9.59 Å². The lowest BCUT2D eigenvalue weighted by atomic mass is 9.78. The summed E-state index contributed by atoms with van der Waals surface area (Å²) in [6.45, 7) is 5.83. The summed E-state index contributed by atoms with van der Waals surface area (Å²) in [5.74, 6) is 13.6. The van der Waals surface area contributed by atoms with E-state index in [1.165, 1.54) is 7.11 Å². The molecule has 2 fully saturated rings. The highest BCUT2D eigenvalue weighted by molar-refractivity contribution is 5.87. The molecular weight excluding hydrogens is 300 g/mol. The Morgan fingerprint density at radius 2 is 2.25 bits per heavy atom. The molecule has 0 bridgehead atoms. The summed E-state index contributed by atoms with van der Waals surface area (Å²) in [7, 11) is 1.39. The van der Waals surface area contributed by atoms with Crippen LogP contribution in [0, 0.1) is 46.9 Å². The van der Waals surface area contributed by atoms with Crippen LogP contribution in [0.25, 0.3) is 0 Å². The van der Waals surface area contributed by atoms with Crippen molar-refractivity contribution in [3.05, 3.63) is 12.7 Å². The number of hydrogen-bond acceptors (Lipinski definition) is 3. The second-order valence-corrected chi connectivity index (χ2v) is 6.76. The SMILES string of the molecule is C=CCC#CC(C)C12CC1CC(=O)C2CC#CCCCC(=O)OC. The van der Waals surface area contributed by atoms with E-state index in [4.69, 9.17) is 0 Å². The van der Waals surface area contributed by atoms with Crippen LogP contribution in [0.4, 0.5) is 0 Å². The monoisotopic (exact) mass is 326 g/mol. The molecule has 0 aromatic carbocycles. The van der Waals surface area contributed by atoms with Crippen LogP contribution in [0.5, 0.6) is 0 Å². The molecule has 0 radical (unpaired) electrons. The Bertz CT molecular complexity index is 625. The lowest BCUT2D eigenvalue weighted by molar-refractivity contribution is -0.140. The van der Waals surface area contributed by atoms with Crippen molar-refractivity contribution in [1.82, 2.24) is 0 Å². The summed E-state index contributed by atoms with van der Waals surface area (Å²) in [5.41, 5.74) is 0.0615. The fourth-order valence-electron chi connectivity index (χ4n) is 3.98. The van der Waals surface area contributed by atoms with Gasteiger partial charge in [-0.15, -0.1) is 18.4 Å². The number of ether oxygens (including phenoxy) is 1. The first kappa shape index (κ1) is 18.3. The number of rotatable bonds is 6. The van der Waals surface area contributed by atoms with Crippen LogP contribution in [-0.4, -0.2) is 18.9 Å². The van der Waals surface area contributed by atoms with E-state index in [0.717, 1.165) is 6.42 Å². The Balaban J connectivity index is 1.89. The third-order valence-electron chi connectivity index (χ3n) is 5.40. The molecule has 4 unspecified atom stereocenters. The van der Waals surface area contributed by atoms with Gasteiger partial charge in [0.25, 0.3) is 0 Å². The van der Waals surface area contributed by atoms with E-state index in [1.54, 1.807) is 6.08 Å². The van der Waals surface area contributed by atoms with Crippen LogP contribution in [0.1, 0.15) is 51.9 Å². The molecule has 0 amide bonds. The van der Waals surface area contributed by atoms with Crippen molar-refractivity contribution in [3.8, 4) is 23.7 Å². The fraction of sp³-hybridized carbons (Fsp3) is 0.619. The number of carbonyl (C=O) groups excluding carboxylic acids is 2. The van der Waals surface area contributed by atoms with E-state index >= 15 is 0 Å². The Labute approximate surface area is 145 Å². The number of unbranched alkanes of at least 4 members (excludes halogenated alkanes) is 1. The minimum Gasteiger partial charge on any atom is -0.469 e. The van der Waals surface area contributed by atoms with E-state index < -0.39 is 0 Å². The predicted octanol–water partition coefficient (Wildman–Crippen LogP) is 3.53. The number of fused-ring (bicyclic) bond motifs is 1. The summed E-state index contributed by atoms with van der Waals surface area (Å²) < 4.78 is 4.60.